The lowest BCUT2D eigenvalue weighted by Crippen LogP contribution is -2.04. The van der Waals surface area contributed by atoms with Crippen LogP contribution in [0.1, 0.15) is 33.6 Å². The van der Waals surface area contributed by atoms with Gasteiger partial charge in [-0.05, 0) is 41.0 Å². The van der Waals surface area contributed by atoms with Crippen LogP contribution < -0.4 is 4.74 Å². The van der Waals surface area contributed by atoms with Crippen LogP contribution in [0.2, 0.25) is 0 Å². The minimum atomic E-state index is -0.945. The third kappa shape index (κ3) is 4.44. The Kier molecular flexibility index (Phi) is 6.13. The van der Waals surface area contributed by atoms with Crippen molar-refractivity contribution in [2.75, 3.05) is 6.61 Å². The summed E-state index contributed by atoms with van der Waals surface area (Å²) < 4.78 is 6.07. The highest BCUT2D eigenvalue weighted by Gasteiger charge is 2.18. The molecule has 0 spiro atoms. The number of aromatic carboxylic acids is 1. The van der Waals surface area contributed by atoms with Crippen LogP contribution in [0.4, 0.5) is 0 Å². The molecule has 0 saturated carbocycles. The van der Waals surface area contributed by atoms with Gasteiger partial charge in [0.25, 0.3) is 0 Å². The van der Waals surface area contributed by atoms with E-state index in [4.69, 9.17) is 4.74 Å². The van der Waals surface area contributed by atoms with Gasteiger partial charge >= 0.3 is 5.97 Å². The number of hydrogen-bond donors (Lipinski definition) is 2. The predicted molar refractivity (Wildman–Crippen MR) is 138 cm³/mol. The third-order valence-corrected chi connectivity index (χ3v) is 6.02. The van der Waals surface area contributed by atoms with Gasteiger partial charge in [0, 0.05) is 10.8 Å². The largest absolute Gasteiger partial charge is 0.493 e. The third-order valence-electron chi connectivity index (χ3n) is 6.02. The fourth-order valence-corrected chi connectivity index (χ4v) is 4.38. The molecular formula is C30H25NO3. The Hall–Kier alpha value is -4.31. The Labute approximate surface area is 198 Å². The number of ether oxygens (including phenoxy) is 1. The molecule has 0 amide bonds. The van der Waals surface area contributed by atoms with E-state index >= 15 is 0 Å². The van der Waals surface area contributed by atoms with Crippen LogP contribution in [-0.4, -0.2) is 22.7 Å². The highest BCUT2D eigenvalue weighted by molar-refractivity contribution is 6.00. The van der Waals surface area contributed by atoms with E-state index < -0.39 is 5.97 Å². The average Bonchev–Trinajstić information content (AvgIpc) is 3.25. The number of aromatic nitrogens is 1. The molecule has 4 heteroatoms. The van der Waals surface area contributed by atoms with E-state index in [1.54, 1.807) is 0 Å². The Morgan fingerprint density at radius 1 is 0.824 bits per heavy atom. The minimum absolute atomic E-state index is 0.251. The van der Waals surface area contributed by atoms with Crippen molar-refractivity contribution < 1.29 is 14.6 Å². The van der Waals surface area contributed by atoms with E-state index in [0.717, 1.165) is 44.1 Å². The van der Waals surface area contributed by atoms with Crippen LogP contribution in [0.25, 0.3) is 33.8 Å². The van der Waals surface area contributed by atoms with Gasteiger partial charge in [-0.15, -0.1) is 0 Å². The molecule has 5 rings (SSSR count). The fourth-order valence-electron chi connectivity index (χ4n) is 4.38. The normalized spacial score (nSPS) is 11.4. The number of H-pyrrole nitrogens is 1. The Balaban J connectivity index is 1.36. The standard InChI is InChI=1S/C30H25NO3/c32-30(33)29-26(16-8-20-34-27-17-7-12-22-11-4-5-14-24(22)27)25-15-6-13-23(28(25)31-29)19-18-21-9-2-1-3-10-21/h1-7,9-15,17-19,31H,8,16,20H2,(H,32,33). The summed E-state index contributed by atoms with van der Waals surface area (Å²) in [4.78, 5) is 15.2. The molecule has 1 heterocycles. The Morgan fingerprint density at radius 2 is 1.56 bits per heavy atom. The summed E-state index contributed by atoms with van der Waals surface area (Å²) in [5.41, 5.74) is 3.97. The maximum atomic E-state index is 12.0. The second-order valence-corrected chi connectivity index (χ2v) is 8.23. The molecule has 0 unspecified atom stereocenters. The lowest BCUT2D eigenvalue weighted by molar-refractivity contribution is 0.0690. The smallest absolute Gasteiger partial charge is 0.352 e. The lowest BCUT2D eigenvalue weighted by Gasteiger charge is -2.09. The number of benzene rings is 4. The number of carboxylic acid groups (broad SMARTS) is 1. The topological polar surface area (TPSA) is 62.3 Å². The zero-order valence-corrected chi connectivity index (χ0v) is 18.7. The molecule has 0 aliphatic carbocycles. The Bertz CT molecular complexity index is 1480. The number of fused-ring (bicyclic) bond motifs is 2. The van der Waals surface area contributed by atoms with Gasteiger partial charge in [-0.3, -0.25) is 0 Å². The number of carboxylic acids is 1. The first-order chi connectivity index (χ1) is 16.7. The summed E-state index contributed by atoms with van der Waals surface area (Å²) in [5, 5.41) is 13.0. The quantitative estimate of drug-likeness (QED) is 0.195. The van der Waals surface area contributed by atoms with Crippen LogP contribution in [0.5, 0.6) is 5.75 Å². The number of para-hydroxylation sites is 1. The first kappa shape index (κ1) is 21.5. The summed E-state index contributed by atoms with van der Waals surface area (Å²) in [7, 11) is 0. The molecule has 4 nitrogen and oxygen atoms in total. The van der Waals surface area contributed by atoms with Crippen LogP contribution in [0.3, 0.4) is 0 Å². The van der Waals surface area contributed by atoms with Gasteiger partial charge in [0.1, 0.15) is 11.4 Å². The van der Waals surface area contributed by atoms with Crippen LogP contribution >= 0.6 is 0 Å². The van der Waals surface area contributed by atoms with Gasteiger partial charge in [0.2, 0.25) is 0 Å². The maximum absolute atomic E-state index is 12.0. The molecule has 0 bridgehead atoms. The van der Waals surface area contributed by atoms with Crippen LogP contribution in [-0.2, 0) is 6.42 Å². The molecule has 0 aliphatic heterocycles. The van der Waals surface area contributed by atoms with Crippen molar-refractivity contribution in [3.8, 4) is 5.75 Å². The summed E-state index contributed by atoms with van der Waals surface area (Å²) in [5.74, 6) is -0.0945. The lowest BCUT2D eigenvalue weighted by atomic mass is 10.0. The van der Waals surface area contributed by atoms with Crippen LogP contribution in [0.15, 0.2) is 91.0 Å². The summed E-state index contributed by atoms with van der Waals surface area (Å²) in [6.07, 6.45) is 5.37. The van der Waals surface area contributed by atoms with E-state index in [1.165, 1.54) is 0 Å². The van der Waals surface area contributed by atoms with Gasteiger partial charge in [-0.25, -0.2) is 4.79 Å². The average molecular weight is 448 g/mol. The van der Waals surface area contributed by atoms with Crippen LogP contribution in [0, 0.1) is 0 Å². The van der Waals surface area contributed by atoms with Gasteiger partial charge in [-0.1, -0.05) is 97.1 Å². The number of nitrogens with one attached hydrogen (secondary N) is 1. The van der Waals surface area contributed by atoms with Crippen molar-refractivity contribution in [2.45, 2.75) is 12.8 Å². The van der Waals surface area contributed by atoms with Crippen molar-refractivity contribution in [1.29, 1.82) is 0 Å². The second-order valence-electron chi connectivity index (χ2n) is 8.23. The van der Waals surface area contributed by atoms with Crippen molar-refractivity contribution in [1.82, 2.24) is 4.98 Å². The number of hydrogen-bond acceptors (Lipinski definition) is 2. The zero-order valence-electron chi connectivity index (χ0n) is 18.7. The molecule has 0 saturated heterocycles. The SMILES string of the molecule is O=C(O)c1[nH]c2c(C=Cc3ccccc3)cccc2c1CCCOc1cccc2ccccc12. The number of aryl methyl sites for hydroxylation is 1. The van der Waals surface area contributed by atoms with Gasteiger partial charge < -0.3 is 14.8 Å². The van der Waals surface area contributed by atoms with Gasteiger partial charge in [0.15, 0.2) is 0 Å². The molecule has 0 aliphatic rings. The van der Waals surface area contributed by atoms with Crippen molar-refractivity contribution in [3.63, 3.8) is 0 Å². The molecule has 2 N–H and O–H groups in total. The highest BCUT2D eigenvalue weighted by atomic mass is 16.5. The maximum Gasteiger partial charge on any atom is 0.352 e. The molecule has 0 atom stereocenters. The highest BCUT2D eigenvalue weighted by Crippen LogP contribution is 2.29. The molecular weight excluding hydrogens is 422 g/mol. The first-order valence-electron chi connectivity index (χ1n) is 11.4. The molecule has 0 fully saturated rings. The van der Waals surface area contributed by atoms with E-state index in [2.05, 4.69) is 23.2 Å². The number of carbonyl (C=O) groups is 1. The predicted octanol–water partition coefficient (Wildman–Crippen LogP) is 7.20. The molecule has 0 radical (unpaired) electrons. The van der Waals surface area contributed by atoms with E-state index in [9.17, 15) is 9.90 Å². The van der Waals surface area contributed by atoms with Crippen molar-refractivity contribution in [2.24, 2.45) is 0 Å². The first-order valence-corrected chi connectivity index (χ1v) is 11.4. The van der Waals surface area contributed by atoms with Gasteiger partial charge in [-0.2, -0.15) is 0 Å². The Morgan fingerprint density at radius 3 is 2.41 bits per heavy atom. The monoisotopic (exact) mass is 447 g/mol. The number of rotatable bonds is 8. The zero-order chi connectivity index (χ0) is 23.3. The van der Waals surface area contributed by atoms with E-state index in [-0.39, 0.29) is 5.69 Å². The van der Waals surface area contributed by atoms with E-state index in [0.29, 0.717) is 19.4 Å². The molecule has 1 aromatic heterocycles. The number of aromatic amines is 1. The summed E-state index contributed by atoms with van der Waals surface area (Å²) in [6.45, 7) is 0.507. The summed E-state index contributed by atoms with van der Waals surface area (Å²) in [6, 6.07) is 30.2. The van der Waals surface area contributed by atoms with Crippen molar-refractivity contribution in [3.05, 3.63) is 113 Å². The minimum Gasteiger partial charge on any atom is -0.493 e. The molecule has 5 aromatic rings. The van der Waals surface area contributed by atoms with E-state index in [1.807, 2.05) is 84.9 Å². The molecule has 4 aromatic carbocycles. The van der Waals surface area contributed by atoms with Gasteiger partial charge in [0.05, 0.1) is 12.1 Å². The van der Waals surface area contributed by atoms with Crippen molar-refractivity contribution >= 4 is 39.8 Å². The molecule has 168 valence electrons. The summed E-state index contributed by atoms with van der Waals surface area (Å²) >= 11 is 0. The fraction of sp³-hybridized carbons (Fsp3) is 0.100. The second kappa shape index (κ2) is 9.67. The molecule has 34 heavy (non-hydrogen) atoms.